The van der Waals surface area contributed by atoms with Crippen LogP contribution in [0.3, 0.4) is 0 Å². The van der Waals surface area contributed by atoms with Gasteiger partial charge in [0, 0.05) is 17.5 Å². The number of halogens is 1. The van der Waals surface area contributed by atoms with Crippen LogP contribution in [0.4, 0.5) is 5.69 Å². The maximum absolute atomic E-state index is 10.6. The molecular formula is C10H12ClNO2S. The molecule has 3 nitrogen and oxygen atoms in total. The van der Waals surface area contributed by atoms with Crippen LogP contribution in [0.5, 0.6) is 0 Å². The van der Waals surface area contributed by atoms with Gasteiger partial charge in [-0.2, -0.15) is 0 Å². The highest BCUT2D eigenvalue weighted by atomic mass is 35.5. The molecule has 0 saturated heterocycles. The van der Waals surface area contributed by atoms with Crippen molar-refractivity contribution in [1.82, 2.24) is 0 Å². The topological polar surface area (TPSA) is 52.3 Å². The number of anilines is 1. The second-order valence-corrected chi connectivity index (χ2v) is 4.20. The third-order valence-corrected chi connectivity index (χ3v) is 3.05. The lowest BCUT2D eigenvalue weighted by molar-refractivity contribution is -0.142. The van der Waals surface area contributed by atoms with Gasteiger partial charge in [0.1, 0.15) is 6.61 Å². The van der Waals surface area contributed by atoms with E-state index in [4.69, 9.17) is 22.1 Å². The van der Waals surface area contributed by atoms with Gasteiger partial charge >= 0.3 is 5.97 Å². The minimum Gasteiger partial charge on any atom is -0.461 e. The number of benzene rings is 1. The molecule has 0 aliphatic heterocycles. The summed E-state index contributed by atoms with van der Waals surface area (Å²) in [5, 5.41) is 0.588. The molecule has 0 aliphatic rings. The van der Waals surface area contributed by atoms with Crippen LogP contribution >= 0.6 is 23.4 Å². The smallest absolute Gasteiger partial charge is 0.302 e. The van der Waals surface area contributed by atoms with Gasteiger partial charge in [-0.25, -0.2) is 0 Å². The van der Waals surface area contributed by atoms with Gasteiger partial charge < -0.3 is 10.5 Å². The molecule has 0 aromatic heterocycles. The second-order valence-electron chi connectivity index (χ2n) is 2.98. The minimum absolute atomic E-state index is 0.202. The lowest BCUT2D eigenvalue weighted by atomic mass is 10.2. The Hall–Kier alpha value is -0.870. The zero-order valence-electron chi connectivity index (χ0n) is 8.54. The summed E-state index contributed by atoms with van der Waals surface area (Å²) in [6.07, 6.45) is 1.91. The predicted molar refractivity (Wildman–Crippen MR) is 63.1 cm³/mol. The molecule has 15 heavy (non-hydrogen) atoms. The lowest BCUT2D eigenvalue weighted by Gasteiger charge is -2.08. The number of rotatable bonds is 3. The molecule has 82 valence electrons. The average Bonchev–Trinajstić information content (AvgIpc) is 2.14. The van der Waals surface area contributed by atoms with Crippen LogP contribution < -0.4 is 5.73 Å². The number of carbonyl (C=O) groups excluding carboxylic acids is 1. The molecule has 0 unspecified atom stereocenters. The summed E-state index contributed by atoms with van der Waals surface area (Å²) in [5.74, 6) is -0.321. The van der Waals surface area contributed by atoms with Gasteiger partial charge in [0.2, 0.25) is 0 Å². The SMILES string of the molecule is CSc1c(N)cc(COC(C)=O)cc1Cl. The molecule has 2 N–H and O–H groups in total. The van der Waals surface area contributed by atoms with Crippen molar-refractivity contribution in [2.24, 2.45) is 0 Å². The van der Waals surface area contributed by atoms with Crippen LogP contribution in [-0.2, 0) is 16.1 Å². The molecular weight excluding hydrogens is 234 g/mol. The van der Waals surface area contributed by atoms with Crippen LogP contribution in [0, 0.1) is 0 Å². The summed E-state index contributed by atoms with van der Waals surface area (Å²) in [4.78, 5) is 11.5. The van der Waals surface area contributed by atoms with E-state index in [-0.39, 0.29) is 12.6 Å². The Morgan fingerprint density at radius 1 is 1.60 bits per heavy atom. The fourth-order valence-corrected chi connectivity index (χ4v) is 2.19. The molecule has 0 heterocycles. The highest BCUT2D eigenvalue weighted by Gasteiger charge is 2.07. The van der Waals surface area contributed by atoms with E-state index in [0.717, 1.165) is 10.5 Å². The number of nitrogens with two attached hydrogens (primary N) is 1. The number of hydrogen-bond donors (Lipinski definition) is 1. The highest BCUT2D eigenvalue weighted by molar-refractivity contribution is 7.98. The first-order chi connectivity index (χ1) is 7.04. The van der Waals surface area contributed by atoms with E-state index in [1.165, 1.54) is 18.7 Å². The van der Waals surface area contributed by atoms with E-state index in [1.54, 1.807) is 12.1 Å². The van der Waals surface area contributed by atoms with E-state index in [1.807, 2.05) is 6.26 Å². The Morgan fingerprint density at radius 2 is 2.27 bits per heavy atom. The fourth-order valence-electron chi connectivity index (χ4n) is 1.16. The Bertz CT molecular complexity index is 359. The molecule has 0 saturated carbocycles. The fraction of sp³-hybridized carbons (Fsp3) is 0.300. The molecule has 0 aliphatic carbocycles. The normalized spacial score (nSPS) is 10.1. The number of nitrogen functional groups attached to an aromatic ring is 1. The predicted octanol–water partition coefficient (Wildman–Crippen LogP) is 2.71. The summed E-state index contributed by atoms with van der Waals surface area (Å²) in [6, 6.07) is 3.52. The standard InChI is InChI=1S/C10H12ClNO2S/c1-6(13)14-5-7-3-8(11)10(15-2)9(12)4-7/h3-4H,5,12H2,1-2H3. The summed E-state index contributed by atoms with van der Waals surface area (Å²) in [6.45, 7) is 1.56. The Kier molecular flexibility index (Phi) is 4.29. The molecule has 0 fully saturated rings. The van der Waals surface area contributed by atoms with Crippen molar-refractivity contribution in [2.45, 2.75) is 18.4 Å². The average molecular weight is 246 g/mol. The van der Waals surface area contributed by atoms with Crippen LogP contribution in [0.2, 0.25) is 5.02 Å². The van der Waals surface area contributed by atoms with Crippen LogP contribution in [0.15, 0.2) is 17.0 Å². The van der Waals surface area contributed by atoms with Gasteiger partial charge in [0.15, 0.2) is 0 Å². The number of thioether (sulfide) groups is 1. The molecule has 0 amide bonds. The van der Waals surface area contributed by atoms with Gasteiger partial charge in [-0.3, -0.25) is 4.79 Å². The van der Waals surface area contributed by atoms with E-state index in [9.17, 15) is 4.79 Å². The largest absolute Gasteiger partial charge is 0.461 e. The first-order valence-electron chi connectivity index (χ1n) is 4.30. The van der Waals surface area contributed by atoms with Gasteiger partial charge in [0.05, 0.1) is 5.02 Å². The number of carbonyl (C=O) groups is 1. The number of esters is 1. The Balaban J connectivity index is 2.88. The molecule has 0 bridgehead atoms. The monoisotopic (exact) mass is 245 g/mol. The lowest BCUT2D eigenvalue weighted by Crippen LogP contribution is -2.00. The van der Waals surface area contributed by atoms with Gasteiger partial charge in [-0.15, -0.1) is 11.8 Å². The van der Waals surface area contributed by atoms with Crippen molar-refractivity contribution in [2.75, 3.05) is 12.0 Å². The molecule has 1 aromatic rings. The van der Waals surface area contributed by atoms with Crippen molar-refractivity contribution in [3.05, 3.63) is 22.7 Å². The summed E-state index contributed by atoms with van der Waals surface area (Å²) in [7, 11) is 0. The Labute approximate surface area is 97.9 Å². The number of hydrogen-bond acceptors (Lipinski definition) is 4. The van der Waals surface area contributed by atoms with Gasteiger partial charge in [0.25, 0.3) is 0 Å². The molecule has 0 spiro atoms. The maximum atomic E-state index is 10.6. The van der Waals surface area contributed by atoms with Crippen molar-refractivity contribution >= 4 is 35.0 Å². The molecule has 1 rings (SSSR count). The minimum atomic E-state index is -0.321. The quantitative estimate of drug-likeness (QED) is 0.505. The molecule has 5 heteroatoms. The van der Waals surface area contributed by atoms with Gasteiger partial charge in [-0.1, -0.05) is 11.6 Å². The third kappa shape index (κ3) is 3.32. The zero-order valence-corrected chi connectivity index (χ0v) is 10.1. The van der Waals surface area contributed by atoms with Crippen molar-refractivity contribution in [3.8, 4) is 0 Å². The maximum Gasteiger partial charge on any atom is 0.302 e. The highest BCUT2D eigenvalue weighted by Crippen LogP contribution is 2.32. The summed E-state index contributed by atoms with van der Waals surface area (Å²) < 4.78 is 4.85. The van der Waals surface area contributed by atoms with Crippen LogP contribution in [0.1, 0.15) is 12.5 Å². The first-order valence-corrected chi connectivity index (χ1v) is 5.90. The number of ether oxygens (including phenoxy) is 1. The first kappa shape index (κ1) is 12.2. The van der Waals surface area contributed by atoms with Crippen molar-refractivity contribution in [1.29, 1.82) is 0 Å². The molecule has 0 radical (unpaired) electrons. The molecule has 0 atom stereocenters. The zero-order chi connectivity index (χ0) is 11.4. The van der Waals surface area contributed by atoms with E-state index in [0.29, 0.717) is 10.7 Å². The van der Waals surface area contributed by atoms with Crippen molar-refractivity contribution < 1.29 is 9.53 Å². The molecule has 1 aromatic carbocycles. The van der Waals surface area contributed by atoms with E-state index >= 15 is 0 Å². The van der Waals surface area contributed by atoms with Crippen LogP contribution in [-0.4, -0.2) is 12.2 Å². The van der Waals surface area contributed by atoms with E-state index in [2.05, 4.69) is 0 Å². The summed E-state index contributed by atoms with van der Waals surface area (Å²) >= 11 is 7.50. The second kappa shape index (κ2) is 5.28. The van der Waals surface area contributed by atoms with Gasteiger partial charge in [-0.05, 0) is 24.0 Å². The van der Waals surface area contributed by atoms with E-state index < -0.39 is 0 Å². The van der Waals surface area contributed by atoms with Crippen molar-refractivity contribution in [3.63, 3.8) is 0 Å². The van der Waals surface area contributed by atoms with Crippen LogP contribution in [0.25, 0.3) is 0 Å². The summed E-state index contributed by atoms with van der Waals surface area (Å²) in [5.41, 5.74) is 7.20. The Morgan fingerprint density at radius 3 is 2.73 bits per heavy atom. The third-order valence-electron chi connectivity index (χ3n) is 1.78.